The van der Waals surface area contributed by atoms with Gasteiger partial charge in [0.25, 0.3) is 5.69 Å². The first-order chi connectivity index (χ1) is 20.4. The Balaban J connectivity index is 0.000000208. The summed E-state index contributed by atoms with van der Waals surface area (Å²) in [4.78, 5) is 37.6. The molecule has 42 heavy (non-hydrogen) atoms. The minimum Gasteiger partial charge on any atom is -0.497 e. The van der Waals surface area contributed by atoms with Crippen molar-refractivity contribution in [2.75, 3.05) is 17.7 Å². The number of nitrogens with zero attached hydrogens (tertiary/aromatic N) is 5. The molecule has 0 fully saturated rings. The quantitative estimate of drug-likeness (QED) is 0.113. The van der Waals surface area contributed by atoms with Crippen LogP contribution in [-0.2, 0) is 0 Å². The number of rotatable bonds is 8. The topological polar surface area (TPSA) is 164 Å². The van der Waals surface area contributed by atoms with Crippen molar-refractivity contribution < 1.29 is 23.9 Å². The summed E-state index contributed by atoms with van der Waals surface area (Å²) in [5.41, 5.74) is 1.16. The molecule has 2 N–H and O–H groups in total. The molecular weight excluding hydrogens is 566 g/mol. The second-order valence-corrected chi connectivity index (χ2v) is 8.37. The Morgan fingerprint density at radius 2 is 1.55 bits per heavy atom. The first kappa shape index (κ1) is 29.2. The van der Waals surface area contributed by atoms with Gasteiger partial charge in [0, 0.05) is 36.1 Å². The fourth-order valence-corrected chi connectivity index (χ4v) is 3.34. The van der Waals surface area contributed by atoms with Crippen LogP contribution >= 0.6 is 11.6 Å². The van der Waals surface area contributed by atoms with Crippen LogP contribution in [0.25, 0.3) is 0 Å². The van der Waals surface area contributed by atoms with Crippen LogP contribution in [0.5, 0.6) is 29.0 Å². The van der Waals surface area contributed by atoms with Crippen molar-refractivity contribution in [2.24, 2.45) is 0 Å². The van der Waals surface area contributed by atoms with E-state index in [0.29, 0.717) is 28.8 Å². The number of carbonyl (C=O) groups excluding carboxylic acids is 1. The third-order valence-electron chi connectivity index (χ3n) is 5.13. The summed E-state index contributed by atoms with van der Waals surface area (Å²) in [5, 5.41) is 16.2. The van der Waals surface area contributed by atoms with Crippen molar-refractivity contribution in [1.82, 2.24) is 19.9 Å². The van der Waals surface area contributed by atoms with E-state index < -0.39 is 4.92 Å². The van der Waals surface area contributed by atoms with Crippen LogP contribution in [0.15, 0.2) is 104 Å². The Hall–Kier alpha value is -5.82. The lowest BCUT2D eigenvalue weighted by Crippen LogP contribution is -2.19. The van der Waals surface area contributed by atoms with Crippen LogP contribution in [0.3, 0.4) is 0 Å². The number of hydrogen-bond donors (Lipinski definition) is 2. The molecule has 0 atom stereocenters. The number of anilines is 2. The summed E-state index contributed by atoms with van der Waals surface area (Å²) in [6.45, 7) is 0. The number of aromatic nitrogens is 4. The van der Waals surface area contributed by atoms with Crippen molar-refractivity contribution in [1.29, 1.82) is 0 Å². The molecule has 2 heterocycles. The maximum absolute atomic E-state index is 12.2. The Labute approximate surface area is 244 Å². The molecule has 212 valence electrons. The van der Waals surface area contributed by atoms with E-state index >= 15 is 0 Å². The third-order valence-corrected chi connectivity index (χ3v) is 5.34. The first-order valence-corrected chi connectivity index (χ1v) is 12.4. The van der Waals surface area contributed by atoms with Crippen LogP contribution in [-0.4, -0.2) is 38.0 Å². The molecule has 3 aromatic carbocycles. The molecule has 2 aromatic heterocycles. The molecular formula is C28H22ClN7O6. The molecule has 13 nitrogen and oxygen atoms in total. The number of ether oxygens (including phenoxy) is 3. The third kappa shape index (κ3) is 8.86. The number of nitrogens with one attached hydrogen (secondary N) is 2. The fourth-order valence-electron chi connectivity index (χ4n) is 3.20. The van der Waals surface area contributed by atoms with E-state index in [1.165, 1.54) is 43.0 Å². The van der Waals surface area contributed by atoms with Gasteiger partial charge in [0.05, 0.1) is 17.7 Å². The molecule has 0 saturated carbocycles. The molecule has 0 spiro atoms. The molecule has 0 radical (unpaired) electrons. The van der Waals surface area contributed by atoms with E-state index in [1.54, 1.807) is 61.8 Å². The molecule has 2 amide bonds. The highest BCUT2D eigenvalue weighted by Crippen LogP contribution is 2.28. The number of methoxy groups -OCH3 is 1. The molecule has 5 aromatic rings. The summed E-state index contributed by atoms with van der Waals surface area (Å²) in [6.07, 6.45) is 4.24. The highest BCUT2D eigenvalue weighted by Gasteiger charge is 2.09. The highest BCUT2D eigenvalue weighted by atomic mass is 35.5. The zero-order valence-electron chi connectivity index (χ0n) is 21.9. The summed E-state index contributed by atoms with van der Waals surface area (Å²) in [6, 6.07) is 22.5. The zero-order valence-corrected chi connectivity index (χ0v) is 22.6. The standard InChI is InChI=1S/C18H16N4O3.C10H6ClN3O3/c1-24-14-8-6-13(7-9-14)21-18(23)22-15-4-2-3-5-16(15)25-17-10-11-19-12-20-17;11-9-5-10(13-6-12-9)17-8-3-1-7(2-4-8)14(15)16/h2-12H,1H3,(H2,21,22,23);1-6H. The Bertz CT molecular complexity index is 1620. The number of urea groups is 1. The summed E-state index contributed by atoms with van der Waals surface area (Å²) >= 11 is 5.66. The van der Waals surface area contributed by atoms with Crippen LogP contribution in [0.1, 0.15) is 0 Å². The number of carbonyl (C=O) groups is 1. The van der Waals surface area contributed by atoms with Crippen molar-refractivity contribution in [3.05, 3.63) is 119 Å². The van der Waals surface area contributed by atoms with Crippen LogP contribution < -0.4 is 24.8 Å². The van der Waals surface area contributed by atoms with E-state index in [9.17, 15) is 14.9 Å². The molecule has 5 rings (SSSR count). The average Bonchev–Trinajstić information content (AvgIpc) is 3.00. The van der Waals surface area contributed by atoms with Gasteiger partial charge >= 0.3 is 6.03 Å². The lowest BCUT2D eigenvalue weighted by Gasteiger charge is -2.12. The number of amides is 2. The van der Waals surface area contributed by atoms with Crippen LogP contribution in [0.4, 0.5) is 21.9 Å². The Morgan fingerprint density at radius 1 is 0.833 bits per heavy atom. The van der Waals surface area contributed by atoms with E-state index in [4.69, 9.17) is 25.8 Å². The van der Waals surface area contributed by atoms with Gasteiger partial charge < -0.3 is 24.8 Å². The molecule has 0 aliphatic rings. The number of non-ortho nitro benzene ring substituents is 1. The minimum atomic E-state index is -0.481. The molecule has 14 heteroatoms. The predicted octanol–water partition coefficient (Wildman–Crippen LogP) is 6.75. The van der Waals surface area contributed by atoms with Gasteiger partial charge in [-0.1, -0.05) is 23.7 Å². The lowest BCUT2D eigenvalue weighted by molar-refractivity contribution is -0.384. The van der Waals surface area contributed by atoms with Gasteiger partial charge in [-0.05, 0) is 48.5 Å². The number of benzene rings is 3. The fraction of sp³-hybridized carbons (Fsp3) is 0.0357. The van der Waals surface area contributed by atoms with Gasteiger partial charge in [-0.2, -0.15) is 0 Å². The van der Waals surface area contributed by atoms with Crippen molar-refractivity contribution in [2.45, 2.75) is 0 Å². The monoisotopic (exact) mass is 587 g/mol. The summed E-state index contributed by atoms with van der Waals surface area (Å²) < 4.78 is 16.1. The number of hydrogen-bond acceptors (Lipinski definition) is 10. The van der Waals surface area contributed by atoms with Crippen molar-refractivity contribution >= 4 is 34.7 Å². The number of nitro benzene ring substituents is 1. The second kappa shape index (κ2) is 14.5. The number of para-hydroxylation sites is 2. The molecule has 0 aliphatic carbocycles. The predicted molar refractivity (Wildman–Crippen MR) is 154 cm³/mol. The van der Waals surface area contributed by atoms with Crippen molar-refractivity contribution in [3.63, 3.8) is 0 Å². The summed E-state index contributed by atoms with van der Waals surface area (Å²) in [7, 11) is 1.59. The van der Waals surface area contributed by atoms with Gasteiger partial charge in [-0.3, -0.25) is 10.1 Å². The maximum atomic E-state index is 12.2. The number of nitro groups is 1. The minimum absolute atomic E-state index is 0.00179. The number of halogens is 1. The Kier molecular flexibility index (Phi) is 10.1. The van der Waals surface area contributed by atoms with E-state index in [-0.39, 0.29) is 22.8 Å². The smallest absolute Gasteiger partial charge is 0.323 e. The van der Waals surface area contributed by atoms with Crippen LogP contribution in [0.2, 0.25) is 5.15 Å². The van der Waals surface area contributed by atoms with Gasteiger partial charge in [-0.25, -0.2) is 24.7 Å². The molecule has 0 aliphatic heterocycles. The van der Waals surface area contributed by atoms with Gasteiger partial charge in [0.15, 0.2) is 5.75 Å². The zero-order chi connectivity index (χ0) is 29.7. The normalized spacial score (nSPS) is 9.95. The average molecular weight is 588 g/mol. The van der Waals surface area contributed by atoms with Gasteiger partial charge in [0.2, 0.25) is 11.8 Å². The molecule has 0 saturated heterocycles. The Morgan fingerprint density at radius 3 is 2.21 bits per heavy atom. The van der Waals surface area contributed by atoms with Gasteiger partial charge in [-0.15, -0.1) is 0 Å². The van der Waals surface area contributed by atoms with E-state index in [1.807, 2.05) is 6.07 Å². The summed E-state index contributed by atoms with van der Waals surface area (Å²) in [5.74, 6) is 2.30. The van der Waals surface area contributed by atoms with E-state index in [0.717, 1.165) is 5.75 Å². The highest BCUT2D eigenvalue weighted by molar-refractivity contribution is 6.29. The van der Waals surface area contributed by atoms with Crippen LogP contribution in [0, 0.1) is 10.1 Å². The van der Waals surface area contributed by atoms with Gasteiger partial charge in [0.1, 0.15) is 29.3 Å². The SMILES string of the molecule is COc1ccc(NC(=O)Nc2ccccc2Oc2ccncn2)cc1.O=[N+]([O-])c1ccc(Oc2cc(Cl)ncn2)cc1. The van der Waals surface area contributed by atoms with E-state index in [2.05, 4.69) is 30.6 Å². The molecule has 0 bridgehead atoms. The van der Waals surface area contributed by atoms with Crippen molar-refractivity contribution in [3.8, 4) is 29.0 Å². The maximum Gasteiger partial charge on any atom is 0.323 e. The second-order valence-electron chi connectivity index (χ2n) is 7.99. The largest absolute Gasteiger partial charge is 0.497 e. The first-order valence-electron chi connectivity index (χ1n) is 12.0. The molecule has 0 unspecified atom stereocenters. The lowest BCUT2D eigenvalue weighted by atomic mass is 10.3.